The van der Waals surface area contributed by atoms with E-state index in [1.165, 1.54) is 0 Å². The van der Waals surface area contributed by atoms with E-state index in [2.05, 4.69) is 50.0 Å². The molecule has 3 rings (SSSR count). The normalized spacial score (nSPS) is 10.9. The molecule has 0 spiro atoms. The van der Waals surface area contributed by atoms with E-state index in [0.717, 1.165) is 47.4 Å². The van der Waals surface area contributed by atoms with Crippen molar-refractivity contribution < 1.29 is 0 Å². The van der Waals surface area contributed by atoms with Crippen LogP contribution in [0.1, 0.15) is 18.3 Å². The fourth-order valence-corrected chi connectivity index (χ4v) is 3.27. The van der Waals surface area contributed by atoms with Crippen LogP contribution in [0, 0.1) is 0 Å². The first kappa shape index (κ1) is 21.3. The SMILES string of the molecule is CCNC(=NCc1csc(-c2ccccc2)n1)NCCc1ccccn1.I. The monoisotopic (exact) mass is 493 g/mol. The predicted octanol–water partition coefficient (Wildman–Crippen LogP) is 4.12. The van der Waals surface area contributed by atoms with Gasteiger partial charge < -0.3 is 10.6 Å². The summed E-state index contributed by atoms with van der Waals surface area (Å²) < 4.78 is 0. The van der Waals surface area contributed by atoms with E-state index in [1.807, 2.05) is 42.6 Å². The van der Waals surface area contributed by atoms with Gasteiger partial charge in [-0.05, 0) is 19.1 Å². The molecule has 142 valence electrons. The van der Waals surface area contributed by atoms with Crippen LogP contribution in [0.15, 0.2) is 65.1 Å². The third kappa shape index (κ3) is 6.91. The van der Waals surface area contributed by atoms with Crippen LogP contribution in [0.4, 0.5) is 0 Å². The van der Waals surface area contributed by atoms with Gasteiger partial charge in [0, 0.05) is 42.3 Å². The highest BCUT2D eigenvalue weighted by atomic mass is 127. The number of pyridine rings is 1. The summed E-state index contributed by atoms with van der Waals surface area (Å²) in [6.07, 6.45) is 2.68. The Kier molecular flexibility index (Phi) is 9.20. The van der Waals surface area contributed by atoms with Crippen LogP contribution in [0.3, 0.4) is 0 Å². The Morgan fingerprint density at radius 1 is 1.04 bits per heavy atom. The third-order valence-corrected chi connectivity index (χ3v) is 4.66. The van der Waals surface area contributed by atoms with Gasteiger partial charge in [0.15, 0.2) is 5.96 Å². The Balaban J connectivity index is 0.00000261. The summed E-state index contributed by atoms with van der Waals surface area (Å²) in [6.45, 7) is 4.23. The zero-order valence-electron chi connectivity index (χ0n) is 15.3. The maximum atomic E-state index is 4.69. The first-order valence-electron chi connectivity index (χ1n) is 8.77. The van der Waals surface area contributed by atoms with Crippen molar-refractivity contribution in [1.82, 2.24) is 20.6 Å². The number of guanidine groups is 1. The van der Waals surface area contributed by atoms with Crippen molar-refractivity contribution in [2.24, 2.45) is 4.99 Å². The van der Waals surface area contributed by atoms with Crippen molar-refractivity contribution in [3.05, 3.63) is 71.5 Å². The number of rotatable bonds is 7. The van der Waals surface area contributed by atoms with Crippen molar-refractivity contribution in [2.75, 3.05) is 13.1 Å². The molecule has 0 bridgehead atoms. The summed E-state index contributed by atoms with van der Waals surface area (Å²) in [5.41, 5.74) is 3.20. The molecule has 0 unspecified atom stereocenters. The number of aliphatic imine (C=N–C) groups is 1. The van der Waals surface area contributed by atoms with E-state index < -0.39 is 0 Å². The molecule has 0 amide bonds. The van der Waals surface area contributed by atoms with E-state index in [1.54, 1.807) is 11.3 Å². The van der Waals surface area contributed by atoms with Crippen molar-refractivity contribution in [3.63, 3.8) is 0 Å². The molecule has 2 heterocycles. The highest BCUT2D eigenvalue weighted by Crippen LogP contribution is 2.23. The fraction of sp³-hybridized carbons (Fsp3) is 0.250. The standard InChI is InChI=1S/C20H23N5S.HI/c1-2-21-20(23-13-11-17-10-6-7-12-22-17)24-14-18-15-26-19(25-18)16-8-4-3-5-9-16;/h3-10,12,15H,2,11,13-14H2,1H3,(H2,21,23,24);1H. The fourth-order valence-electron chi connectivity index (χ4n) is 2.45. The lowest BCUT2D eigenvalue weighted by atomic mass is 10.2. The van der Waals surface area contributed by atoms with Crippen molar-refractivity contribution in [2.45, 2.75) is 19.9 Å². The number of hydrogen-bond acceptors (Lipinski definition) is 4. The summed E-state index contributed by atoms with van der Waals surface area (Å²) in [6, 6.07) is 16.2. The third-order valence-electron chi connectivity index (χ3n) is 3.72. The number of benzene rings is 1. The molecule has 0 aliphatic rings. The number of halogens is 1. The average molecular weight is 493 g/mol. The largest absolute Gasteiger partial charge is 0.357 e. The van der Waals surface area contributed by atoms with Crippen LogP contribution in [-0.2, 0) is 13.0 Å². The summed E-state index contributed by atoms with van der Waals surface area (Å²) in [5.74, 6) is 0.803. The lowest BCUT2D eigenvalue weighted by molar-refractivity contribution is 0.786. The molecule has 0 fully saturated rings. The van der Waals surface area contributed by atoms with Gasteiger partial charge in [-0.15, -0.1) is 35.3 Å². The second-order valence-corrected chi connectivity index (χ2v) is 6.56. The first-order chi connectivity index (χ1) is 12.8. The Bertz CT molecular complexity index is 821. The summed E-state index contributed by atoms with van der Waals surface area (Å²) in [4.78, 5) is 13.7. The molecule has 0 atom stereocenters. The zero-order chi connectivity index (χ0) is 18.0. The maximum Gasteiger partial charge on any atom is 0.191 e. The molecule has 0 saturated heterocycles. The summed E-state index contributed by atoms with van der Waals surface area (Å²) in [5, 5.41) is 9.73. The van der Waals surface area contributed by atoms with Crippen LogP contribution in [0.25, 0.3) is 10.6 Å². The minimum absolute atomic E-state index is 0. The molecular weight excluding hydrogens is 469 g/mol. The first-order valence-corrected chi connectivity index (χ1v) is 9.65. The molecule has 27 heavy (non-hydrogen) atoms. The highest BCUT2D eigenvalue weighted by Gasteiger charge is 2.04. The van der Waals surface area contributed by atoms with Crippen molar-refractivity contribution >= 4 is 41.3 Å². The number of nitrogens with one attached hydrogen (secondary N) is 2. The second-order valence-electron chi connectivity index (χ2n) is 5.70. The quantitative estimate of drug-likeness (QED) is 0.295. The molecule has 2 aromatic heterocycles. The van der Waals surface area contributed by atoms with E-state index in [4.69, 9.17) is 0 Å². The minimum Gasteiger partial charge on any atom is -0.357 e. The van der Waals surface area contributed by atoms with Gasteiger partial charge in [-0.3, -0.25) is 4.98 Å². The second kappa shape index (κ2) is 11.7. The van der Waals surface area contributed by atoms with Crippen LogP contribution in [0.5, 0.6) is 0 Å². The lowest BCUT2D eigenvalue weighted by Crippen LogP contribution is -2.38. The van der Waals surface area contributed by atoms with Gasteiger partial charge in [-0.1, -0.05) is 36.4 Å². The molecule has 0 saturated carbocycles. The molecular formula is C20H24IN5S. The number of aromatic nitrogens is 2. The van der Waals surface area contributed by atoms with Gasteiger partial charge in [0.25, 0.3) is 0 Å². The summed E-state index contributed by atoms with van der Waals surface area (Å²) >= 11 is 1.65. The van der Waals surface area contributed by atoms with E-state index in [9.17, 15) is 0 Å². The van der Waals surface area contributed by atoms with Crippen molar-refractivity contribution in [3.8, 4) is 10.6 Å². The van der Waals surface area contributed by atoms with Crippen LogP contribution >= 0.6 is 35.3 Å². The molecule has 1 aromatic carbocycles. The molecule has 3 aromatic rings. The summed E-state index contributed by atoms with van der Waals surface area (Å²) in [7, 11) is 0. The molecule has 7 heteroatoms. The van der Waals surface area contributed by atoms with Gasteiger partial charge in [0.05, 0.1) is 12.2 Å². The molecule has 0 aliphatic carbocycles. The molecule has 5 nitrogen and oxygen atoms in total. The number of nitrogens with zero attached hydrogens (tertiary/aromatic N) is 3. The van der Waals surface area contributed by atoms with Crippen LogP contribution in [0.2, 0.25) is 0 Å². The zero-order valence-corrected chi connectivity index (χ0v) is 18.4. The molecule has 0 radical (unpaired) electrons. The Hall–Kier alpha value is -2.00. The smallest absolute Gasteiger partial charge is 0.191 e. The Labute approximate surface area is 181 Å². The predicted molar refractivity (Wildman–Crippen MR) is 124 cm³/mol. The van der Waals surface area contributed by atoms with Crippen LogP contribution < -0.4 is 10.6 Å². The number of hydrogen-bond donors (Lipinski definition) is 2. The number of thiazole rings is 1. The van der Waals surface area contributed by atoms with E-state index in [0.29, 0.717) is 6.54 Å². The molecule has 2 N–H and O–H groups in total. The Morgan fingerprint density at radius 3 is 2.59 bits per heavy atom. The highest BCUT2D eigenvalue weighted by molar-refractivity contribution is 14.0. The topological polar surface area (TPSA) is 62.2 Å². The average Bonchev–Trinajstić information content (AvgIpc) is 3.17. The van der Waals surface area contributed by atoms with Crippen LogP contribution in [-0.4, -0.2) is 29.0 Å². The minimum atomic E-state index is 0. The van der Waals surface area contributed by atoms with E-state index >= 15 is 0 Å². The van der Waals surface area contributed by atoms with Gasteiger partial charge in [0.1, 0.15) is 5.01 Å². The van der Waals surface area contributed by atoms with Crippen molar-refractivity contribution in [1.29, 1.82) is 0 Å². The van der Waals surface area contributed by atoms with Gasteiger partial charge in [0.2, 0.25) is 0 Å². The van der Waals surface area contributed by atoms with Gasteiger partial charge in [-0.25, -0.2) is 9.98 Å². The maximum absolute atomic E-state index is 4.69. The van der Waals surface area contributed by atoms with E-state index in [-0.39, 0.29) is 24.0 Å². The molecule has 0 aliphatic heterocycles. The Morgan fingerprint density at radius 2 is 1.85 bits per heavy atom. The van der Waals surface area contributed by atoms with Gasteiger partial charge >= 0.3 is 0 Å². The lowest BCUT2D eigenvalue weighted by Gasteiger charge is -2.10. The van der Waals surface area contributed by atoms with Gasteiger partial charge in [-0.2, -0.15) is 0 Å².